The molecule has 84 valence electrons. The molecule has 4 nitrogen and oxygen atoms in total. The molecule has 0 unspecified atom stereocenters. The Hall–Kier alpha value is -0.650. The minimum Gasteiger partial charge on any atom is -0.324 e. The topological polar surface area (TPSA) is 69.2 Å². The molecule has 2 N–H and O–H groups in total. The van der Waals surface area contributed by atoms with Crippen LogP contribution >= 0.6 is 28.3 Å². The first kappa shape index (κ1) is 14.3. The van der Waals surface area contributed by atoms with Gasteiger partial charge in [-0.3, -0.25) is 10.1 Å². The van der Waals surface area contributed by atoms with E-state index in [0.29, 0.717) is 4.47 Å². The van der Waals surface area contributed by atoms with E-state index in [1.54, 1.807) is 12.1 Å². The van der Waals surface area contributed by atoms with Crippen molar-refractivity contribution in [2.45, 2.75) is 19.4 Å². The van der Waals surface area contributed by atoms with Gasteiger partial charge in [-0.05, 0) is 34.0 Å². The first-order valence-electron chi connectivity index (χ1n) is 4.25. The Morgan fingerprint density at radius 3 is 2.67 bits per heavy atom. The molecular weight excluding hydrogens is 283 g/mol. The second-order valence-electron chi connectivity index (χ2n) is 2.98. The summed E-state index contributed by atoms with van der Waals surface area (Å²) in [5.41, 5.74) is 6.63. The molecule has 6 heteroatoms. The second kappa shape index (κ2) is 6.05. The summed E-state index contributed by atoms with van der Waals surface area (Å²) < 4.78 is 0.481. The van der Waals surface area contributed by atoms with Gasteiger partial charge in [0.2, 0.25) is 0 Å². The third-order valence-electron chi connectivity index (χ3n) is 2.03. The Labute approximate surface area is 103 Å². The van der Waals surface area contributed by atoms with Gasteiger partial charge in [0.1, 0.15) is 0 Å². The van der Waals surface area contributed by atoms with Gasteiger partial charge in [0.05, 0.1) is 9.40 Å². The molecule has 15 heavy (non-hydrogen) atoms. The monoisotopic (exact) mass is 294 g/mol. The van der Waals surface area contributed by atoms with Gasteiger partial charge in [-0.25, -0.2) is 0 Å². The number of hydrogen-bond acceptors (Lipinski definition) is 3. The van der Waals surface area contributed by atoms with E-state index in [0.717, 1.165) is 12.0 Å². The average molecular weight is 296 g/mol. The number of nitro benzene ring substituents is 1. The Morgan fingerprint density at radius 1 is 1.60 bits per heavy atom. The zero-order valence-corrected chi connectivity index (χ0v) is 10.5. The van der Waals surface area contributed by atoms with Gasteiger partial charge in [-0.15, -0.1) is 12.4 Å². The molecule has 0 fully saturated rings. The van der Waals surface area contributed by atoms with Gasteiger partial charge < -0.3 is 5.73 Å². The SMILES string of the molecule is CC[C@@H](N)c1ccc(Br)c([N+](=O)[O-])c1.Cl. The lowest BCUT2D eigenvalue weighted by molar-refractivity contribution is -0.385. The Morgan fingerprint density at radius 2 is 2.20 bits per heavy atom. The van der Waals surface area contributed by atoms with Crippen LogP contribution < -0.4 is 5.73 Å². The van der Waals surface area contributed by atoms with Crippen LogP contribution in [0, 0.1) is 10.1 Å². The van der Waals surface area contributed by atoms with E-state index in [4.69, 9.17) is 5.73 Å². The van der Waals surface area contributed by atoms with Crippen LogP contribution in [0.4, 0.5) is 5.69 Å². The molecule has 0 aliphatic heterocycles. The highest BCUT2D eigenvalue weighted by Gasteiger charge is 2.14. The van der Waals surface area contributed by atoms with Crippen molar-refractivity contribution in [2.24, 2.45) is 5.73 Å². The number of nitrogens with zero attached hydrogens (tertiary/aromatic N) is 1. The van der Waals surface area contributed by atoms with E-state index in [1.807, 2.05) is 6.92 Å². The molecule has 1 atom stereocenters. The second-order valence-corrected chi connectivity index (χ2v) is 3.84. The van der Waals surface area contributed by atoms with Crippen molar-refractivity contribution in [3.05, 3.63) is 38.3 Å². The molecule has 0 saturated heterocycles. The lowest BCUT2D eigenvalue weighted by Gasteiger charge is -2.08. The lowest BCUT2D eigenvalue weighted by atomic mass is 10.1. The minimum atomic E-state index is -0.421. The predicted molar refractivity (Wildman–Crippen MR) is 65.3 cm³/mol. The van der Waals surface area contributed by atoms with Gasteiger partial charge in [0.25, 0.3) is 5.69 Å². The third kappa shape index (κ3) is 3.44. The van der Waals surface area contributed by atoms with Crippen LogP contribution in [0.15, 0.2) is 22.7 Å². The van der Waals surface area contributed by atoms with E-state index >= 15 is 0 Å². The minimum absolute atomic E-state index is 0. The smallest absolute Gasteiger partial charge is 0.283 e. The highest BCUT2D eigenvalue weighted by molar-refractivity contribution is 9.10. The van der Waals surface area contributed by atoms with Gasteiger partial charge in [-0.2, -0.15) is 0 Å². The fourth-order valence-corrected chi connectivity index (χ4v) is 1.53. The summed E-state index contributed by atoms with van der Waals surface area (Å²) in [6, 6.07) is 4.83. The molecule has 0 aromatic heterocycles. The number of hydrogen-bond donors (Lipinski definition) is 1. The molecule has 1 aromatic carbocycles. The highest BCUT2D eigenvalue weighted by atomic mass is 79.9. The van der Waals surface area contributed by atoms with Crippen molar-refractivity contribution >= 4 is 34.0 Å². The molecule has 0 bridgehead atoms. The molecule has 0 radical (unpaired) electrons. The lowest BCUT2D eigenvalue weighted by Crippen LogP contribution is -2.08. The molecule has 1 aromatic rings. The average Bonchev–Trinajstić information content (AvgIpc) is 2.17. The Kier molecular flexibility index (Phi) is 5.79. The van der Waals surface area contributed by atoms with Gasteiger partial charge >= 0.3 is 0 Å². The number of benzene rings is 1. The quantitative estimate of drug-likeness (QED) is 0.687. The van der Waals surface area contributed by atoms with Crippen LogP contribution in [0.3, 0.4) is 0 Å². The van der Waals surface area contributed by atoms with Crippen LogP contribution in [0.1, 0.15) is 24.9 Å². The summed E-state index contributed by atoms with van der Waals surface area (Å²) in [6.45, 7) is 1.94. The molecule has 0 heterocycles. The number of nitrogens with two attached hydrogens (primary N) is 1. The standard InChI is InChI=1S/C9H11BrN2O2.ClH/c1-2-8(11)6-3-4-7(10)9(5-6)12(13)14;/h3-5,8H,2,11H2,1H3;1H/t8-;/m1./s1. The maximum absolute atomic E-state index is 10.6. The molecule has 1 rings (SSSR count). The maximum Gasteiger partial charge on any atom is 0.283 e. The predicted octanol–water partition coefficient (Wildman–Crippen LogP) is 3.19. The van der Waals surface area contributed by atoms with Gasteiger partial charge in [-0.1, -0.05) is 13.0 Å². The maximum atomic E-state index is 10.6. The van der Waals surface area contributed by atoms with Crippen molar-refractivity contribution < 1.29 is 4.92 Å². The fraction of sp³-hybridized carbons (Fsp3) is 0.333. The summed E-state index contributed by atoms with van der Waals surface area (Å²) in [7, 11) is 0. The number of halogens is 2. The molecular formula is C9H12BrClN2O2. The van der Waals surface area contributed by atoms with Crippen LogP contribution in [-0.2, 0) is 0 Å². The molecule has 0 amide bonds. The van der Waals surface area contributed by atoms with Crippen molar-refractivity contribution in [3.63, 3.8) is 0 Å². The largest absolute Gasteiger partial charge is 0.324 e. The first-order valence-corrected chi connectivity index (χ1v) is 5.05. The molecule has 0 saturated carbocycles. The molecule has 0 spiro atoms. The summed E-state index contributed by atoms with van der Waals surface area (Å²) in [6.07, 6.45) is 0.763. The molecule has 0 aliphatic carbocycles. The molecule has 0 aliphatic rings. The van der Waals surface area contributed by atoms with E-state index < -0.39 is 4.92 Å². The van der Waals surface area contributed by atoms with Crippen molar-refractivity contribution in [3.8, 4) is 0 Å². The van der Waals surface area contributed by atoms with E-state index in [9.17, 15) is 10.1 Å². The van der Waals surface area contributed by atoms with E-state index in [1.165, 1.54) is 6.07 Å². The van der Waals surface area contributed by atoms with E-state index in [-0.39, 0.29) is 24.1 Å². The highest BCUT2D eigenvalue weighted by Crippen LogP contribution is 2.28. The van der Waals surface area contributed by atoms with Crippen LogP contribution in [0.25, 0.3) is 0 Å². The summed E-state index contributed by atoms with van der Waals surface area (Å²) in [4.78, 5) is 10.2. The summed E-state index contributed by atoms with van der Waals surface area (Å²) in [5, 5.41) is 10.6. The third-order valence-corrected chi connectivity index (χ3v) is 2.71. The van der Waals surface area contributed by atoms with Crippen LogP contribution in [-0.4, -0.2) is 4.92 Å². The van der Waals surface area contributed by atoms with E-state index in [2.05, 4.69) is 15.9 Å². The van der Waals surface area contributed by atoms with Crippen molar-refractivity contribution in [2.75, 3.05) is 0 Å². The Balaban J connectivity index is 0.00000196. The summed E-state index contributed by atoms with van der Waals surface area (Å²) >= 11 is 3.12. The fourth-order valence-electron chi connectivity index (χ4n) is 1.14. The van der Waals surface area contributed by atoms with Crippen LogP contribution in [0.2, 0.25) is 0 Å². The number of nitro groups is 1. The van der Waals surface area contributed by atoms with Crippen molar-refractivity contribution in [1.29, 1.82) is 0 Å². The number of rotatable bonds is 3. The Bertz CT molecular complexity index is 360. The first-order chi connectivity index (χ1) is 6.56. The normalized spacial score (nSPS) is 11.7. The van der Waals surface area contributed by atoms with Gasteiger partial charge in [0.15, 0.2) is 0 Å². The zero-order valence-electron chi connectivity index (χ0n) is 8.14. The summed E-state index contributed by atoms with van der Waals surface area (Å²) in [5.74, 6) is 0. The zero-order chi connectivity index (χ0) is 10.7. The van der Waals surface area contributed by atoms with Crippen molar-refractivity contribution in [1.82, 2.24) is 0 Å². The van der Waals surface area contributed by atoms with Gasteiger partial charge in [0, 0.05) is 12.1 Å². The van der Waals surface area contributed by atoms with Crippen LogP contribution in [0.5, 0.6) is 0 Å².